The molecule has 1 aromatic rings. The SMILES string of the molecule is CCC[CH2][Sn](/[CH]=C\[C@]1(O)CC[C@H]2[C@@H]3CCc4cc(O)cc(O)c4[C@H]3CC[C@@]21C)([CH2]CCC)[CH2]CCC. The summed E-state index contributed by atoms with van der Waals surface area (Å²) in [6, 6.07) is 3.39. The van der Waals surface area contributed by atoms with Gasteiger partial charge in [-0.25, -0.2) is 0 Å². The van der Waals surface area contributed by atoms with Gasteiger partial charge in [-0.3, -0.25) is 0 Å². The van der Waals surface area contributed by atoms with Gasteiger partial charge in [-0.2, -0.15) is 0 Å². The van der Waals surface area contributed by atoms with E-state index in [0.717, 1.165) is 49.7 Å². The molecule has 0 amide bonds. The van der Waals surface area contributed by atoms with E-state index in [1.54, 1.807) is 0 Å². The zero-order valence-corrected chi connectivity index (χ0v) is 26.3. The molecule has 0 spiro atoms. The van der Waals surface area contributed by atoms with E-state index in [-0.39, 0.29) is 16.9 Å². The molecule has 2 fully saturated rings. The van der Waals surface area contributed by atoms with Crippen molar-refractivity contribution in [1.82, 2.24) is 0 Å². The van der Waals surface area contributed by atoms with Crippen LogP contribution < -0.4 is 0 Å². The Morgan fingerprint density at radius 1 is 0.917 bits per heavy atom. The van der Waals surface area contributed by atoms with Gasteiger partial charge in [-0.15, -0.1) is 0 Å². The molecular weight excluding hydrogens is 551 g/mol. The Morgan fingerprint density at radius 3 is 2.17 bits per heavy atom. The van der Waals surface area contributed by atoms with Crippen LogP contribution in [-0.4, -0.2) is 39.3 Å². The van der Waals surface area contributed by atoms with Gasteiger partial charge >= 0.3 is 225 Å². The first-order valence-electron chi connectivity index (χ1n) is 15.2. The molecule has 3 aliphatic rings. The fraction of sp³-hybridized carbons (Fsp3) is 0.750. The zero-order chi connectivity index (χ0) is 26.0. The first kappa shape index (κ1) is 28.3. The summed E-state index contributed by atoms with van der Waals surface area (Å²) in [6.45, 7) is 9.38. The molecule has 202 valence electrons. The number of hydrogen-bond acceptors (Lipinski definition) is 3. The molecule has 0 radical (unpaired) electrons. The Balaban J connectivity index is 1.60. The number of phenolic OH excluding ortho intramolecular Hbond substituents is 2. The molecule has 0 aromatic heterocycles. The molecule has 5 atom stereocenters. The number of aliphatic hydroxyl groups is 1. The first-order chi connectivity index (χ1) is 17.2. The van der Waals surface area contributed by atoms with Crippen molar-refractivity contribution in [3.63, 3.8) is 0 Å². The number of benzene rings is 1. The summed E-state index contributed by atoms with van der Waals surface area (Å²) in [5.41, 5.74) is 1.46. The number of phenols is 2. The maximum atomic E-state index is 12.3. The average molecular weight is 603 g/mol. The molecule has 0 bridgehead atoms. The van der Waals surface area contributed by atoms with Crippen LogP contribution in [0.15, 0.2) is 22.3 Å². The third kappa shape index (κ3) is 5.26. The van der Waals surface area contributed by atoms with Crippen molar-refractivity contribution in [1.29, 1.82) is 0 Å². The van der Waals surface area contributed by atoms with Gasteiger partial charge in [0.1, 0.15) is 0 Å². The van der Waals surface area contributed by atoms with Gasteiger partial charge in [0.15, 0.2) is 0 Å². The standard InChI is InChI=1S/C20H25O3.3C4H9.Sn/c1-3-20(23)9-7-16-14-5-4-12-10-13(21)11-17(22)18(12)15(14)6-8-19(16,20)2;3*1-3-4-2;/h1,3,10-11,14-16,21-23H,4-9H2,2H3;3*1,3-4H2,2H3;/t14-,15+,16+,19+,20+;;;;/m1..../s1. The summed E-state index contributed by atoms with van der Waals surface area (Å²) in [6.07, 6.45) is 16.3. The topological polar surface area (TPSA) is 60.7 Å². The molecular formula is C32H52O3Sn. The summed E-state index contributed by atoms with van der Waals surface area (Å²) in [5, 5.41) is 33.1. The van der Waals surface area contributed by atoms with Crippen molar-refractivity contribution in [2.75, 3.05) is 0 Å². The molecule has 0 unspecified atom stereocenters. The molecule has 1 aromatic carbocycles. The fourth-order valence-corrected chi connectivity index (χ4v) is 23.0. The minimum atomic E-state index is -2.46. The second-order valence-corrected chi connectivity index (χ2v) is 25.9. The molecule has 0 aliphatic heterocycles. The fourth-order valence-electron chi connectivity index (χ4n) is 8.54. The van der Waals surface area contributed by atoms with E-state index >= 15 is 0 Å². The van der Waals surface area contributed by atoms with Crippen LogP contribution in [0.5, 0.6) is 11.5 Å². The van der Waals surface area contributed by atoms with Crippen LogP contribution in [0.2, 0.25) is 13.3 Å². The van der Waals surface area contributed by atoms with E-state index in [0.29, 0.717) is 17.8 Å². The Kier molecular flexibility index (Phi) is 9.13. The number of hydrogen-bond donors (Lipinski definition) is 3. The van der Waals surface area contributed by atoms with Crippen molar-refractivity contribution in [3.05, 3.63) is 33.4 Å². The van der Waals surface area contributed by atoms with Crippen LogP contribution in [0.3, 0.4) is 0 Å². The van der Waals surface area contributed by atoms with E-state index in [1.807, 2.05) is 6.07 Å². The van der Waals surface area contributed by atoms with E-state index < -0.39 is 24.0 Å². The van der Waals surface area contributed by atoms with E-state index in [4.69, 9.17) is 0 Å². The van der Waals surface area contributed by atoms with E-state index in [2.05, 4.69) is 37.9 Å². The molecule has 3 nitrogen and oxygen atoms in total. The Labute approximate surface area is 224 Å². The maximum absolute atomic E-state index is 12.3. The van der Waals surface area contributed by atoms with Crippen molar-refractivity contribution in [3.8, 4) is 11.5 Å². The summed E-state index contributed by atoms with van der Waals surface area (Å²) in [5.74, 6) is 1.82. The summed E-state index contributed by atoms with van der Waals surface area (Å²) in [4.78, 5) is 0. The van der Waals surface area contributed by atoms with Gasteiger partial charge in [-0.1, -0.05) is 0 Å². The quantitative estimate of drug-likeness (QED) is 0.222. The predicted octanol–water partition coefficient (Wildman–Crippen LogP) is 8.63. The van der Waals surface area contributed by atoms with Crippen molar-refractivity contribution in [2.24, 2.45) is 17.3 Å². The van der Waals surface area contributed by atoms with Crippen LogP contribution in [0.1, 0.15) is 115 Å². The molecule has 4 rings (SSSR count). The second-order valence-electron chi connectivity index (χ2n) is 12.9. The first-order valence-corrected chi connectivity index (χ1v) is 22.9. The summed E-state index contributed by atoms with van der Waals surface area (Å²) < 4.78 is 7.06. The Bertz CT molecular complexity index is 904. The molecule has 3 N–H and O–H groups in total. The third-order valence-electron chi connectivity index (χ3n) is 10.8. The summed E-state index contributed by atoms with van der Waals surface area (Å²) in [7, 11) is 0. The van der Waals surface area contributed by atoms with Gasteiger partial charge < -0.3 is 0 Å². The average Bonchev–Trinajstić information content (AvgIpc) is 3.13. The molecule has 0 saturated heterocycles. The number of rotatable bonds is 11. The number of aromatic hydroxyl groups is 2. The number of unbranched alkanes of at least 4 members (excludes halogenated alkanes) is 3. The number of aryl methyl sites for hydroxylation is 1. The zero-order valence-electron chi connectivity index (χ0n) is 23.5. The van der Waals surface area contributed by atoms with Crippen molar-refractivity contribution in [2.45, 2.75) is 130 Å². The summed E-state index contributed by atoms with van der Waals surface area (Å²) >= 11 is -2.46. The Hall–Kier alpha value is -0.681. The van der Waals surface area contributed by atoms with Crippen LogP contribution in [0, 0.1) is 17.3 Å². The normalized spacial score (nSPS) is 31.9. The molecule has 36 heavy (non-hydrogen) atoms. The van der Waals surface area contributed by atoms with E-state index in [1.165, 1.54) is 57.9 Å². The van der Waals surface area contributed by atoms with Gasteiger partial charge in [0.25, 0.3) is 0 Å². The van der Waals surface area contributed by atoms with Gasteiger partial charge in [0, 0.05) is 0 Å². The van der Waals surface area contributed by atoms with Gasteiger partial charge in [0.2, 0.25) is 0 Å². The van der Waals surface area contributed by atoms with Crippen molar-refractivity contribution >= 4 is 18.4 Å². The molecule has 2 saturated carbocycles. The third-order valence-corrected chi connectivity index (χ3v) is 24.8. The second kappa shape index (κ2) is 11.6. The monoisotopic (exact) mass is 604 g/mol. The van der Waals surface area contributed by atoms with Gasteiger partial charge in [0.05, 0.1) is 0 Å². The van der Waals surface area contributed by atoms with Crippen LogP contribution in [0.25, 0.3) is 0 Å². The molecule has 3 aliphatic carbocycles. The number of fused-ring (bicyclic) bond motifs is 5. The minimum absolute atomic E-state index is 0.0768. The van der Waals surface area contributed by atoms with Gasteiger partial charge in [-0.05, 0) is 0 Å². The predicted molar refractivity (Wildman–Crippen MR) is 153 cm³/mol. The molecule has 0 heterocycles. The van der Waals surface area contributed by atoms with Crippen LogP contribution >= 0.6 is 0 Å². The van der Waals surface area contributed by atoms with Crippen LogP contribution in [0.4, 0.5) is 0 Å². The van der Waals surface area contributed by atoms with Crippen molar-refractivity contribution < 1.29 is 15.3 Å². The van der Waals surface area contributed by atoms with Crippen LogP contribution in [-0.2, 0) is 6.42 Å². The Morgan fingerprint density at radius 2 is 1.56 bits per heavy atom. The molecule has 4 heteroatoms. The van der Waals surface area contributed by atoms with E-state index in [9.17, 15) is 15.3 Å².